The normalized spacial score (nSPS) is 17.3. The van der Waals surface area contributed by atoms with Gasteiger partial charge in [-0.05, 0) is 57.3 Å². The zero-order valence-corrected chi connectivity index (χ0v) is 15.9. The fraction of sp³-hybridized carbons (Fsp3) is 0.550. The SMILES string of the molecule is Cc1cccc2c(=O)n(CC(=O)NCC(C)N3CCC(C)CC3)cnc12. The van der Waals surface area contributed by atoms with E-state index in [0.29, 0.717) is 23.5 Å². The summed E-state index contributed by atoms with van der Waals surface area (Å²) in [5.74, 6) is 0.641. The number of amides is 1. The molecule has 1 aliphatic rings. The molecule has 6 heteroatoms. The first-order valence-electron chi connectivity index (χ1n) is 9.41. The Balaban J connectivity index is 1.59. The van der Waals surface area contributed by atoms with Crippen molar-refractivity contribution in [2.24, 2.45) is 5.92 Å². The Morgan fingerprint density at radius 2 is 2.08 bits per heavy atom. The molecule has 0 radical (unpaired) electrons. The van der Waals surface area contributed by atoms with E-state index in [1.807, 2.05) is 19.1 Å². The Bertz CT molecular complexity index is 837. The summed E-state index contributed by atoms with van der Waals surface area (Å²) < 4.78 is 1.38. The minimum Gasteiger partial charge on any atom is -0.353 e. The highest BCUT2D eigenvalue weighted by Gasteiger charge is 2.20. The fourth-order valence-electron chi connectivity index (χ4n) is 3.52. The summed E-state index contributed by atoms with van der Waals surface area (Å²) in [4.78, 5) is 31.6. The molecule has 3 rings (SSSR count). The lowest BCUT2D eigenvalue weighted by atomic mass is 9.98. The fourth-order valence-corrected chi connectivity index (χ4v) is 3.52. The lowest BCUT2D eigenvalue weighted by molar-refractivity contribution is -0.122. The number of piperidine rings is 1. The number of aryl methyl sites for hydroxylation is 1. The summed E-state index contributed by atoms with van der Waals surface area (Å²) in [6, 6.07) is 5.83. The van der Waals surface area contributed by atoms with Crippen molar-refractivity contribution < 1.29 is 4.79 Å². The third kappa shape index (κ3) is 4.12. The third-order valence-electron chi connectivity index (χ3n) is 5.41. The third-order valence-corrected chi connectivity index (χ3v) is 5.41. The Morgan fingerprint density at radius 1 is 1.35 bits per heavy atom. The van der Waals surface area contributed by atoms with Gasteiger partial charge in [0.05, 0.1) is 17.2 Å². The predicted octanol–water partition coefficient (Wildman–Crippen LogP) is 1.94. The van der Waals surface area contributed by atoms with Gasteiger partial charge in [0.1, 0.15) is 6.54 Å². The Labute approximate surface area is 154 Å². The predicted molar refractivity (Wildman–Crippen MR) is 103 cm³/mol. The summed E-state index contributed by atoms with van der Waals surface area (Å²) >= 11 is 0. The molecule has 26 heavy (non-hydrogen) atoms. The van der Waals surface area contributed by atoms with Gasteiger partial charge in [-0.25, -0.2) is 4.98 Å². The first-order chi connectivity index (χ1) is 12.5. The van der Waals surface area contributed by atoms with E-state index in [4.69, 9.17) is 0 Å². The lowest BCUT2D eigenvalue weighted by Crippen LogP contribution is -2.46. The number of benzene rings is 1. The highest BCUT2D eigenvalue weighted by atomic mass is 16.2. The van der Waals surface area contributed by atoms with Crippen molar-refractivity contribution in [3.05, 3.63) is 40.4 Å². The molecular formula is C20H28N4O2. The van der Waals surface area contributed by atoms with Gasteiger partial charge in [0, 0.05) is 12.6 Å². The van der Waals surface area contributed by atoms with Crippen LogP contribution < -0.4 is 10.9 Å². The maximum absolute atomic E-state index is 12.6. The van der Waals surface area contributed by atoms with Crippen LogP contribution in [0.5, 0.6) is 0 Å². The van der Waals surface area contributed by atoms with Gasteiger partial charge in [-0.2, -0.15) is 0 Å². The second-order valence-electron chi connectivity index (χ2n) is 7.52. The summed E-state index contributed by atoms with van der Waals surface area (Å²) in [7, 11) is 0. The zero-order chi connectivity index (χ0) is 18.7. The molecule has 1 aromatic carbocycles. The van der Waals surface area contributed by atoms with Crippen LogP contribution >= 0.6 is 0 Å². The molecule has 0 saturated carbocycles. The van der Waals surface area contributed by atoms with Crippen LogP contribution in [0.25, 0.3) is 10.9 Å². The minimum absolute atomic E-state index is 0.000526. The monoisotopic (exact) mass is 356 g/mol. The number of likely N-dealkylation sites (tertiary alicyclic amines) is 1. The van der Waals surface area contributed by atoms with Gasteiger partial charge in [0.25, 0.3) is 5.56 Å². The average molecular weight is 356 g/mol. The number of nitrogens with one attached hydrogen (secondary N) is 1. The van der Waals surface area contributed by atoms with Crippen molar-refractivity contribution in [1.82, 2.24) is 19.8 Å². The van der Waals surface area contributed by atoms with Gasteiger partial charge in [-0.3, -0.25) is 19.1 Å². The minimum atomic E-state index is -0.174. The van der Waals surface area contributed by atoms with E-state index < -0.39 is 0 Å². The molecule has 2 heterocycles. The molecule has 1 unspecified atom stereocenters. The molecule has 1 N–H and O–H groups in total. The topological polar surface area (TPSA) is 67.2 Å². The quantitative estimate of drug-likeness (QED) is 0.889. The average Bonchev–Trinajstić information content (AvgIpc) is 2.63. The van der Waals surface area contributed by atoms with Crippen LogP contribution in [0, 0.1) is 12.8 Å². The Morgan fingerprint density at radius 3 is 2.81 bits per heavy atom. The van der Waals surface area contributed by atoms with E-state index in [-0.39, 0.29) is 18.0 Å². The number of carbonyl (C=O) groups excluding carboxylic acids is 1. The van der Waals surface area contributed by atoms with Gasteiger partial charge in [-0.1, -0.05) is 19.1 Å². The van der Waals surface area contributed by atoms with E-state index >= 15 is 0 Å². The number of para-hydroxylation sites is 1. The Kier molecular flexibility index (Phi) is 5.71. The molecule has 6 nitrogen and oxygen atoms in total. The van der Waals surface area contributed by atoms with Gasteiger partial charge in [-0.15, -0.1) is 0 Å². The summed E-state index contributed by atoms with van der Waals surface area (Å²) in [5, 5.41) is 3.51. The maximum Gasteiger partial charge on any atom is 0.261 e. The van der Waals surface area contributed by atoms with Crippen LogP contribution in [0.1, 0.15) is 32.3 Å². The maximum atomic E-state index is 12.6. The number of carbonyl (C=O) groups is 1. The molecule has 1 amide bonds. The van der Waals surface area contributed by atoms with Crippen molar-refractivity contribution in [1.29, 1.82) is 0 Å². The number of rotatable bonds is 5. The lowest BCUT2D eigenvalue weighted by Gasteiger charge is -2.35. The van der Waals surface area contributed by atoms with Crippen LogP contribution in [0.2, 0.25) is 0 Å². The van der Waals surface area contributed by atoms with E-state index in [9.17, 15) is 9.59 Å². The van der Waals surface area contributed by atoms with Crippen LogP contribution in [0.4, 0.5) is 0 Å². The zero-order valence-electron chi connectivity index (χ0n) is 15.9. The summed E-state index contributed by atoms with van der Waals surface area (Å²) in [6.45, 7) is 9.14. The molecule has 1 fully saturated rings. The molecule has 1 aliphatic heterocycles. The number of hydrogen-bond acceptors (Lipinski definition) is 4. The molecule has 1 saturated heterocycles. The highest BCUT2D eigenvalue weighted by Crippen LogP contribution is 2.17. The van der Waals surface area contributed by atoms with Crippen LogP contribution in [0.3, 0.4) is 0 Å². The first-order valence-corrected chi connectivity index (χ1v) is 9.41. The van der Waals surface area contributed by atoms with E-state index in [1.54, 1.807) is 6.07 Å². The smallest absolute Gasteiger partial charge is 0.261 e. The van der Waals surface area contributed by atoms with Crippen LogP contribution in [-0.4, -0.2) is 46.0 Å². The van der Waals surface area contributed by atoms with Crippen molar-refractivity contribution in [2.75, 3.05) is 19.6 Å². The second kappa shape index (κ2) is 7.99. The van der Waals surface area contributed by atoms with E-state index in [2.05, 4.69) is 29.0 Å². The number of aromatic nitrogens is 2. The Hall–Kier alpha value is -2.21. The summed E-state index contributed by atoms with van der Waals surface area (Å²) in [6.07, 6.45) is 3.90. The first kappa shape index (κ1) is 18.6. The van der Waals surface area contributed by atoms with Crippen molar-refractivity contribution in [3.8, 4) is 0 Å². The van der Waals surface area contributed by atoms with Crippen LogP contribution in [-0.2, 0) is 11.3 Å². The van der Waals surface area contributed by atoms with Gasteiger partial charge >= 0.3 is 0 Å². The number of fused-ring (bicyclic) bond motifs is 1. The van der Waals surface area contributed by atoms with Gasteiger partial charge in [0.2, 0.25) is 5.91 Å². The molecule has 0 aliphatic carbocycles. The highest BCUT2D eigenvalue weighted by molar-refractivity contribution is 5.81. The van der Waals surface area contributed by atoms with Crippen molar-refractivity contribution >= 4 is 16.8 Å². The van der Waals surface area contributed by atoms with Crippen molar-refractivity contribution in [2.45, 2.75) is 46.2 Å². The number of hydrogen-bond donors (Lipinski definition) is 1. The standard InChI is InChI=1S/C20H28N4O2/c1-14-7-9-23(10-8-14)16(3)11-21-18(25)12-24-13-22-19-15(2)5-4-6-17(19)20(24)26/h4-6,13-14,16H,7-12H2,1-3H3,(H,21,25). The molecule has 0 bridgehead atoms. The summed E-state index contributed by atoms with van der Waals surface area (Å²) in [5.41, 5.74) is 1.48. The van der Waals surface area contributed by atoms with Gasteiger partial charge in [0.15, 0.2) is 0 Å². The van der Waals surface area contributed by atoms with E-state index in [0.717, 1.165) is 24.6 Å². The molecule has 1 atom stereocenters. The molecule has 140 valence electrons. The largest absolute Gasteiger partial charge is 0.353 e. The second-order valence-corrected chi connectivity index (χ2v) is 7.52. The van der Waals surface area contributed by atoms with E-state index in [1.165, 1.54) is 23.7 Å². The molecule has 1 aromatic heterocycles. The van der Waals surface area contributed by atoms with Crippen molar-refractivity contribution in [3.63, 3.8) is 0 Å². The number of nitrogens with zero attached hydrogens (tertiary/aromatic N) is 3. The van der Waals surface area contributed by atoms with Crippen LogP contribution in [0.15, 0.2) is 29.3 Å². The van der Waals surface area contributed by atoms with Gasteiger partial charge < -0.3 is 5.32 Å². The molecule has 2 aromatic rings. The molecule has 0 spiro atoms. The molecular weight excluding hydrogens is 328 g/mol.